The predicted molar refractivity (Wildman–Crippen MR) is 123 cm³/mol. The zero-order chi connectivity index (χ0) is 18.1. The van der Waals surface area contributed by atoms with E-state index in [0.29, 0.717) is 24.6 Å². The molecule has 0 heterocycles. The van der Waals surface area contributed by atoms with Gasteiger partial charge in [-0.25, -0.2) is 0 Å². The molecule has 0 aliphatic rings. The maximum Gasteiger partial charge on any atom is 0.193 e. The molecule has 0 aliphatic carbocycles. The van der Waals surface area contributed by atoms with Crippen LogP contribution >= 0.6 is 35.6 Å². The maximum atomic E-state index is 12.2. The van der Waals surface area contributed by atoms with Gasteiger partial charge >= 0.3 is 0 Å². The summed E-state index contributed by atoms with van der Waals surface area (Å²) in [7, 11) is 2.80. The van der Waals surface area contributed by atoms with Crippen molar-refractivity contribution in [1.29, 1.82) is 0 Å². The summed E-state index contributed by atoms with van der Waals surface area (Å²) in [6.07, 6.45) is 0. The molecule has 26 heavy (non-hydrogen) atoms. The molecular weight excluding hydrogens is 481 g/mol. The summed E-state index contributed by atoms with van der Waals surface area (Å²) in [5.74, 6) is 1.92. The lowest BCUT2D eigenvalue weighted by molar-refractivity contribution is 0.479. The van der Waals surface area contributed by atoms with E-state index in [1.54, 1.807) is 7.05 Å². The summed E-state index contributed by atoms with van der Waals surface area (Å²) in [4.78, 5) is 6.29. The standard InChI is InChI=1S/C19H24ClN3OS.HI/c1-21-19(23(2)14-17-10-6-7-11-18(17)20)22-12-13-25(24)15-16-8-4-3-5-9-16;/h3-11H,12-15H2,1-2H3,(H,21,22);1H. The van der Waals surface area contributed by atoms with Gasteiger partial charge in [-0.2, -0.15) is 0 Å². The molecule has 0 amide bonds. The third-order valence-electron chi connectivity index (χ3n) is 3.72. The molecule has 1 N–H and O–H groups in total. The summed E-state index contributed by atoms with van der Waals surface area (Å²) in [5.41, 5.74) is 2.14. The first-order chi connectivity index (χ1) is 12.1. The highest BCUT2D eigenvalue weighted by molar-refractivity contribution is 14.0. The van der Waals surface area contributed by atoms with Gasteiger partial charge in [-0.1, -0.05) is 60.1 Å². The largest absolute Gasteiger partial charge is 0.355 e. The first-order valence-corrected chi connectivity index (χ1v) is 10.0. The van der Waals surface area contributed by atoms with E-state index in [1.165, 1.54) is 0 Å². The second-order valence-electron chi connectivity index (χ2n) is 5.70. The van der Waals surface area contributed by atoms with Gasteiger partial charge in [0, 0.05) is 54.5 Å². The fourth-order valence-corrected chi connectivity index (χ4v) is 3.68. The van der Waals surface area contributed by atoms with E-state index in [0.717, 1.165) is 22.1 Å². The van der Waals surface area contributed by atoms with Crippen molar-refractivity contribution in [3.05, 3.63) is 70.7 Å². The lowest BCUT2D eigenvalue weighted by Crippen LogP contribution is -2.40. The van der Waals surface area contributed by atoms with Crippen LogP contribution in [0.15, 0.2) is 59.6 Å². The summed E-state index contributed by atoms with van der Waals surface area (Å²) < 4.78 is 12.2. The van der Waals surface area contributed by atoms with E-state index < -0.39 is 10.8 Å². The number of halogens is 2. The van der Waals surface area contributed by atoms with Gasteiger partial charge in [0.2, 0.25) is 0 Å². The number of nitrogens with one attached hydrogen (secondary N) is 1. The molecule has 2 aromatic rings. The van der Waals surface area contributed by atoms with Crippen molar-refractivity contribution in [2.24, 2.45) is 4.99 Å². The highest BCUT2D eigenvalue weighted by Gasteiger charge is 2.09. The summed E-state index contributed by atoms with van der Waals surface area (Å²) >= 11 is 6.21. The molecule has 2 rings (SSSR count). The molecule has 0 aromatic heterocycles. The quantitative estimate of drug-likeness (QED) is 0.352. The number of rotatable bonds is 7. The number of benzene rings is 2. The molecule has 0 spiro atoms. The molecule has 4 nitrogen and oxygen atoms in total. The van der Waals surface area contributed by atoms with E-state index in [9.17, 15) is 4.21 Å². The zero-order valence-electron chi connectivity index (χ0n) is 15.0. The Morgan fingerprint density at radius 1 is 1.15 bits per heavy atom. The fourth-order valence-electron chi connectivity index (χ4n) is 2.45. The van der Waals surface area contributed by atoms with Crippen LogP contribution in [0.25, 0.3) is 0 Å². The maximum absolute atomic E-state index is 12.2. The molecule has 0 aliphatic heterocycles. The van der Waals surface area contributed by atoms with Crippen LogP contribution in [0.4, 0.5) is 0 Å². The Labute approximate surface area is 180 Å². The van der Waals surface area contributed by atoms with Crippen LogP contribution in [0.1, 0.15) is 11.1 Å². The van der Waals surface area contributed by atoms with Gasteiger partial charge in [0.05, 0.1) is 0 Å². The van der Waals surface area contributed by atoms with Crippen molar-refractivity contribution >= 4 is 52.3 Å². The summed E-state index contributed by atoms with van der Waals surface area (Å²) in [6, 6.07) is 17.7. The molecule has 0 fully saturated rings. The molecule has 1 unspecified atom stereocenters. The van der Waals surface area contributed by atoms with Crippen molar-refractivity contribution < 1.29 is 4.21 Å². The van der Waals surface area contributed by atoms with Crippen LogP contribution in [-0.4, -0.2) is 41.5 Å². The first kappa shape index (κ1) is 22.9. The SMILES string of the molecule is CN=C(NCCS(=O)Cc1ccccc1)N(C)Cc1ccccc1Cl.I. The summed E-state index contributed by atoms with van der Waals surface area (Å²) in [5, 5.41) is 4.01. The van der Waals surface area contributed by atoms with Crippen LogP contribution in [-0.2, 0) is 23.1 Å². The summed E-state index contributed by atoms with van der Waals surface area (Å²) in [6.45, 7) is 1.27. The van der Waals surface area contributed by atoms with Gasteiger partial charge in [0.25, 0.3) is 0 Å². The number of hydrogen-bond donors (Lipinski definition) is 1. The van der Waals surface area contributed by atoms with Crippen LogP contribution < -0.4 is 5.32 Å². The Kier molecular flexibility index (Phi) is 10.8. The monoisotopic (exact) mass is 505 g/mol. The van der Waals surface area contributed by atoms with E-state index in [2.05, 4.69) is 10.3 Å². The fraction of sp³-hybridized carbons (Fsp3) is 0.316. The lowest BCUT2D eigenvalue weighted by atomic mass is 10.2. The molecule has 142 valence electrons. The van der Waals surface area contributed by atoms with Gasteiger partial charge in [-0.05, 0) is 17.2 Å². The molecule has 0 bridgehead atoms. The van der Waals surface area contributed by atoms with Crippen LogP contribution in [0.3, 0.4) is 0 Å². The minimum atomic E-state index is -0.901. The van der Waals surface area contributed by atoms with Crippen molar-refractivity contribution in [3.63, 3.8) is 0 Å². The highest BCUT2D eigenvalue weighted by Crippen LogP contribution is 2.16. The minimum absolute atomic E-state index is 0. The van der Waals surface area contributed by atoms with Gasteiger partial charge in [-0.3, -0.25) is 9.20 Å². The van der Waals surface area contributed by atoms with Crippen molar-refractivity contribution in [2.75, 3.05) is 26.4 Å². The van der Waals surface area contributed by atoms with E-state index >= 15 is 0 Å². The van der Waals surface area contributed by atoms with Gasteiger partial charge in [-0.15, -0.1) is 24.0 Å². The molecular formula is C19H25ClIN3OS. The van der Waals surface area contributed by atoms with Gasteiger partial charge < -0.3 is 10.2 Å². The van der Waals surface area contributed by atoms with Crippen LogP contribution in [0.5, 0.6) is 0 Å². The Bertz CT molecular complexity index is 728. The average molecular weight is 506 g/mol. The van der Waals surface area contributed by atoms with Gasteiger partial charge in [0.1, 0.15) is 0 Å². The highest BCUT2D eigenvalue weighted by atomic mass is 127. The lowest BCUT2D eigenvalue weighted by Gasteiger charge is -2.22. The van der Waals surface area contributed by atoms with E-state index in [4.69, 9.17) is 11.6 Å². The van der Waals surface area contributed by atoms with Crippen molar-refractivity contribution in [3.8, 4) is 0 Å². The topological polar surface area (TPSA) is 44.7 Å². The third-order valence-corrected chi connectivity index (χ3v) is 5.41. The van der Waals surface area contributed by atoms with Crippen molar-refractivity contribution in [1.82, 2.24) is 10.2 Å². The molecule has 0 saturated heterocycles. The van der Waals surface area contributed by atoms with E-state index in [-0.39, 0.29) is 24.0 Å². The molecule has 0 saturated carbocycles. The minimum Gasteiger partial charge on any atom is -0.355 e. The second kappa shape index (κ2) is 12.3. The normalized spacial score (nSPS) is 12.2. The Morgan fingerprint density at radius 3 is 2.46 bits per heavy atom. The number of hydrogen-bond acceptors (Lipinski definition) is 2. The average Bonchev–Trinajstić information content (AvgIpc) is 2.61. The second-order valence-corrected chi connectivity index (χ2v) is 7.68. The molecule has 2 aromatic carbocycles. The number of guanidine groups is 1. The number of nitrogens with zero attached hydrogens (tertiary/aromatic N) is 2. The predicted octanol–water partition coefficient (Wildman–Crippen LogP) is 3.91. The Balaban J connectivity index is 0.00000338. The third kappa shape index (κ3) is 7.63. The van der Waals surface area contributed by atoms with E-state index in [1.807, 2.05) is 66.5 Å². The van der Waals surface area contributed by atoms with Crippen molar-refractivity contribution in [2.45, 2.75) is 12.3 Å². The van der Waals surface area contributed by atoms with Gasteiger partial charge in [0.15, 0.2) is 5.96 Å². The van der Waals surface area contributed by atoms with Crippen LogP contribution in [0.2, 0.25) is 5.02 Å². The molecule has 1 atom stereocenters. The smallest absolute Gasteiger partial charge is 0.193 e. The zero-order valence-corrected chi connectivity index (χ0v) is 18.9. The molecule has 0 radical (unpaired) electrons. The Morgan fingerprint density at radius 2 is 1.81 bits per heavy atom. The Hall–Kier alpha value is -1.12. The molecule has 7 heteroatoms. The first-order valence-electron chi connectivity index (χ1n) is 8.14. The van der Waals surface area contributed by atoms with Crippen LogP contribution in [0, 0.1) is 0 Å². The number of aliphatic imine (C=N–C) groups is 1.